The Morgan fingerprint density at radius 1 is 1.00 bits per heavy atom. The minimum atomic E-state index is -3.64. The van der Waals surface area contributed by atoms with Gasteiger partial charge in [-0.05, 0) is 0 Å². The third-order valence-corrected chi connectivity index (χ3v) is 5.62. The molecule has 0 amide bonds. The van der Waals surface area contributed by atoms with Gasteiger partial charge in [-0.3, -0.25) is 0 Å². The maximum absolute atomic E-state index is 10.3. The van der Waals surface area contributed by atoms with Crippen molar-refractivity contribution in [3.63, 3.8) is 0 Å². The number of rotatable bonds is 9. The van der Waals surface area contributed by atoms with Crippen LogP contribution in [0.25, 0.3) is 0 Å². The molecule has 2 N–H and O–H groups in total. The van der Waals surface area contributed by atoms with E-state index in [1.807, 2.05) is 19.1 Å². The molecule has 0 bridgehead atoms. The molecule has 4 heteroatoms. The average Bonchev–Trinajstić information content (AvgIpc) is 2.43. The van der Waals surface area contributed by atoms with Crippen molar-refractivity contribution in [2.24, 2.45) is 0 Å². The summed E-state index contributed by atoms with van der Waals surface area (Å²) in [6, 6.07) is 5.90. The van der Waals surface area contributed by atoms with Gasteiger partial charge in [-0.25, -0.2) is 0 Å². The number of hydrogen-bond acceptors (Lipinski definition) is 3. The van der Waals surface area contributed by atoms with E-state index >= 15 is 0 Å². The predicted molar refractivity (Wildman–Crippen MR) is 102 cm³/mol. The van der Waals surface area contributed by atoms with Crippen LogP contribution in [0.1, 0.15) is 77.3 Å². The molecule has 0 fully saturated rings. The zero-order valence-electron chi connectivity index (χ0n) is 15.5. The third kappa shape index (κ3) is 7.65. The van der Waals surface area contributed by atoms with Gasteiger partial charge in [-0.2, -0.15) is 0 Å². The van der Waals surface area contributed by atoms with E-state index in [9.17, 15) is 9.79 Å². The first kappa shape index (κ1) is 20.4. The zero-order valence-corrected chi connectivity index (χ0v) is 16.5. The molecule has 0 radical (unpaired) electrons. The first-order valence-electron chi connectivity index (χ1n) is 8.90. The van der Waals surface area contributed by atoms with Crippen LogP contribution in [0.2, 0.25) is 0 Å². The van der Waals surface area contributed by atoms with E-state index < -0.39 is 7.94 Å². The third-order valence-electron chi connectivity index (χ3n) is 4.07. The second-order valence-electron chi connectivity index (χ2n) is 7.61. The van der Waals surface area contributed by atoms with Crippen molar-refractivity contribution in [2.45, 2.75) is 78.6 Å². The zero-order chi connectivity index (χ0) is 17.5. The standard InChI is InChI=1S/C19H35O3P/c1-6-7-8-9-10-11-14-23(20,21)22-18-13-12-16(2)15-17(18)19(3,4)5/h12-13,15,20-21,23H,6-11,14H2,1-5H3. The topological polar surface area (TPSA) is 49.7 Å². The molecule has 0 atom stereocenters. The van der Waals surface area contributed by atoms with Gasteiger partial charge in [0.1, 0.15) is 0 Å². The van der Waals surface area contributed by atoms with Gasteiger partial charge in [0.15, 0.2) is 0 Å². The Labute approximate surface area is 142 Å². The van der Waals surface area contributed by atoms with Crippen molar-refractivity contribution in [1.82, 2.24) is 0 Å². The van der Waals surface area contributed by atoms with E-state index in [2.05, 4.69) is 33.8 Å². The van der Waals surface area contributed by atoms with Gasteiger partial charge in [0.25, 0.3) is 0 Å². The molecule has 0 saturated heterocycles. The number of benzene rings is 1. The molecule has 0 spiro atoms. The van der Waals surface area contributed by atoms with Crippen molar-refractivity contribution in [2.75, 3.05) is 6.16 Å². The molecule has 134 valence electrons. The van der Waals surface area contributed by atoms with Gasteiger partial charge in [-0.1, -0.05) is 0 Å². The van der Waals surface area contributed by atoms with Crippen LogP contribution in [0.3, 0.4) is 0 Å². The molecule has 23 heavy (non-hydrogen) atoms. The van der Waals surface area contributed by atoms with E-state index in [-0.39, 0.29) is 5.41 Å². The first-order valence-corrected chi connectivity index (χ1v) is 10.9. The summed E-state index contributed by atoms with van der Waals surface area (Å²) in [6.45, 7) is 10.6. The fourth-order valence-electron chi connectivity index (χ4n) is 2.68. The monoisotopic (exact) mass is 342 g/mol. The molecule has 0 unspecified atom stereocenters. The fraction of sp³-hybridized carbons (Fsp3) is 0.684. The van der Waals surface area contributed by atoms with Crippen LogP contribution in [-0.4, -0.2) is 15.9 Å². The number of unbranched alkanes of at least 4 members (excludes halogenated alkanes) is 5. The van der Waals surface area contributed by atoms with Crippen LogP contribution in [0.15, 0.2) is 18.2 Å². The molecular weight excluding hydrogens is 307 g/mol. The van der Waals surface area contributed by atoms with Gasteiger partial charge in [0.2, 0.25) is 0 Å². The quantitative estimate of drug-likeness (QED) is 0.459. The fourth-order valence-corrected chi connectivity index (χ4v) is 4.02. The van der Waals surface area contributed by atoms with Crippen LogP contribution in [0, 0.1) is 6.92 Å². The van der Waals surface area contributed by atoms with E-state index in [4.69, 9.17) is 4.52 Å². The van der Waals surface area contributed by atoms with Crippen molar-refractivity contribution in [3.8, 4) is 5.75 Å². The van der Waals surface area contributed by atoms with Crippen molar-refractivity contribution in [3.05, 3.63) is 29.3 Å². The Balaban J connectivity index is 2.63. The average molecular weight is 342 g/mol. The normalized spacial score (nSPS) is 13.2. The molecule has 1 rings (SSSR count). The molecule has 0 heterocycles. The number of aryl methyl sites for hydroxylation is 1. The molecule has 1 aromatic rings. The molecule has 3 nitrogen and oxygen atoms in total. The van der Waals surface area contributed by atoms with Crippen LogP contribution in [-0.2, 0) is 5.41 Å². The molecule has 1 aromatic carbocycles. The van der Waals surface area contributed by atoms with Gasteiger partial charge in [-0.15, -0.1) is 0 Å². The van der Waals surface area contributed by atoms with Crippen LogP contribution < -0.4 is 4.52 Å². The predicted octanol–water partition coefficient (Wildman–Crippen LogP) is 5.51. The van der Waals surface area contributed by atoms with Gasteiger partial charge in [0.05, 0.1) is 0 Å². The minimum absolute atomic E-state index is 0.0913. The van der Waals surface area contributed by atoms with Crippen molar-refractivity contribution in [1.29, 1.82) is 0 Å². The Bertz CT molecular complexity index is 478. The number of hydrogen-bond donors (Lipinski definition) is 2. The summed E-state index contributed by atoms with van der Waals surface area (Å²) in [5, 5.41) is 0. The Hall–Kier alpha value is -0.630. The van der Waals surface area contributed by atoms with Gasteiger partial charge >= 0.3 is 142 Å². The Kier molecular flexibility index (Phi) is 8.00. The van der Waals surface area contributed by atoms with E-state index in [0.29, 0.717) is 11.9 Å². The van der Waals surface area contributed by atoms with Crippen LogP contribution >= 0.6 is 7.94 Å². The van der Waals surface area contributed by atoms with Crippen molar-refractivity contribution >= 4 is 7.94 Å². The van der Waals surface area contributed by atoms with E-state index in [1.54, 1.807) is 0 Å². The maximum atomic E-state index is 10.3. The summed E-state index contributed by atoms with van der Waals surface area (Å²) in [4.78, 5) is 20.6. The van der Waals surface area contributed by atoms with Crippen LogP contribution in [0.5, 0.6) is 5.75 Å². The first-order chi connectivity index (χ1) is 10.7. The molecule has 0 saturated carbocycles. The Morgan fingerprint density at radius 2 is 1.61 bits per heavy atom. The van der Waals surface area contributed by atoms with Crippen LogP contribution in [0.4, 0.5) is 0 Å². The second-order valence-corrected chi connectivity index (χ2v) is 9.80. The molecule has 0 aliphatic carbocycles. The summed E-state index contributed by atoms with van der Waals surface area (Å²) in [6.07, 6.45) is 7.11. The SMILES string of the molecule is CCCCCCCC[PH](O)(O)Oc1ccc(C)cc1C(C)(C)C. The van der Waals surface area contributed by atoms with E-state index in [0.717, 1.165) is 30.4 Å². The Morgan fingerprint density at radius 3 is 2.22 bits per heavy atom. The summed E-state index contributed by atoms with van der Waals surface area (Å²) in [7, 11) is -3.64. The summed E-state index contributed by atoms with van der Waals surface area (Å²) < 4.78 is 5.69. The molecule has 0 aliphatic heterocycles. The summed E-state index contributed by atoms with van der Waals surface area (Å²) >= 11 is 0. The molecular formula is C19H35O3P. The van der Waals surface area contributed by atoms with Crippen molar-refractivity contribution < 1.29 is 14.3 Å². The van der Waals surface area contributed by atoms with Gasteiger partial charge in [0, 0.05) is 0 Å². The van der Waals surface area contributed by atoms with Gasteiger partial charge < -0.3 is 0 Å². The second kappa shape index (κ2) is 9.01. The molecule has 0 aliphatic rings. The summed E-state index contributed by atoms with van der Waals surface area (Å²) in [5.74, 6) is 0.616. The summed E-state index contributed by atoms with van der Waals surface area (Å²) in [5.41, 5.74) is 2.09. The molecule has 0 aromatic heterocycles. The van der Waals surface area contributed by atoms with E-state index in [1.165, 1.54) is 19.3 Å².